The number of carbonyl (C=O) groups excluding carboxylic acids is 2. The van der Waals surface area contributed by atoms with Crippen LogP contribution in [0.3, 0.4) is 0 Å². The molecular weight excluding hydrogens is 323 g/mol. The van der Waals surface area contributed by atoms with Crippen molar-refractivity contribution in [1.82, 2.24) is 0 Å². The highest BCUT2D eigenvalue weighted by atomic mass is 35.5. The van der Waals surface area contributed by atoms with E-state index in [1.807, 2.05) is 0 Å². The summed E-state index contributed by atoms with van der Waals surface area (Å²) in [6.07, 6.45) is 0. The number of anilines is 2. The van der Waals surface area contributed by atoms with Crippen LogP contribution in [-0.4, -0.2) is 18.2 Å². The van der Waals surface area contributed by atoms with Crippen molar-refractivity contribution in [3.63, 3.8) is 0 Å². The molecule has 1 amide bonds. The molecule has 0 aromatic heterocycles. The Morgan fingerprint density at radius 1 is 1.09 bits per heavy atom. The predicted octanol–water partition coefficient (Wildman–Crippen LogP) is 4.25. The molecule has 0 aliphatic rings. The first-order valence-electron chi connectivity index (χ1n) is 6.55. The maximum atomic E-state index is 11.9. The number of benzene rings is 2. The average Bonchev–Trinajstić information content (AvgIpc) is 2.46. The Morgan fingerprint density at radius 2 is 1.86 bits per heavy atom. The fraction of sp³-hybridized carbons (Fsp3) is 0.125. The van der Waals surface area contributed by atoms with E-state index in [4.69, 9.17) is 23.2 Å². The molecule has 0 bridgehead atoms. The number of rotatable bonds is 5. The molecule has 0 atom stereocenters. The Bertz CT molecular complexity index is 717. The van der Waals surface area contributed by atoms with Crippen LogP contribution in [0, 0.1) is 0 Å². The number of hydrogen-bond donors (Lipinski definition) is 2. The third-order valence-corrected chi connectivity index (χ3v) is 3.47. The summed E-state index contributed by atoms with van der Waals surface area (Å²) in [4.78, 5) is 23.2. The maximum absolute atomic E-state index is 11.9. The van der Waals surface area contributed by atoms with Crippen molar-refractivity contribution >= 4 is 46.3 Å². The van der Waals surface area contributed by atoms with Crippen molar-refractivity contribution in [3.05, 3.63) is 58.1 Å². The van der Waals surface area contributed by atoms with E-state index in [9.17, 15) is 9.59 Å². The van der Waals surface area contributed by atoms with Crippen LogP contribution in [0.15, 0.2) is 42.5 Å². The fourth-order valence-electron chi connectivity index (χ4n) is 1.83. The molecule has 22 heavy (non-hydrogen) atoms. The molecule has 0 unspecified atom stereocenters. The van der Waals surface area contributed by atoms with Gasteiger partial charge in [-0.2, -0.15) is 0 Å². The smallest absolute Gasteiger partial charge is 0.243 e. The molecular formula is C16H14Cl2N2O2. The van der Waals surface area contributed by atoms with Gasteiger partial charge in [-0.25, -0.2) is 0 Å². The van der Waals surface area contributed by atoms with Gasteiger partial charge in [0.1, 0.15) is 0 Å². The number of Topliss-reactive ketones (excluding diaryl/α,β-unsaturated/α-hetero) is 1. The zero-order valence-corrected chi connectivity index (χ0v) is 13.3. The quantitative estimate of drug-likeness (QED) is 0.802. The molecule has 0 spiro atoms. The van der Waals surface area contributed by atoms with Crippen molar-refractivity contribution in [2.24, 2.45) is 0 Å². The van der Waals surface area contributed by atoms with Gasteiger partial charge in [-0.1, -0.05) is 35.3 Å². The zero-order valence-electron chi connectivity index (χ0n) is 11.8. The molecule has 0 saturated carbocycles. The second-order valence-corrected chi connectivity index (χ2v) is 5.51. The topological polar surface area (TPSA) is 58.2 Å². The maximum Gasteiger partial charge on any atom is 0.243 e. The third-order valence-electron chi connectivity index (χ3n) is 2.92. The molecule has 4 nitrogen and oxygen atoms in total. The van der Waals surface area contributed by atoms with Gasteiger partial charge in [0, 0.05) is 16.3 Å². The highest BCUT2D eigenvalue weighted by Crippen LogP contribution is 2.25. The second-order valence-electron chi connectivity index (χ2n) is 4.66. The summed E-state index contributed by atoms with van der Waals surface area (Å²) < 4.78 is 0. The number of halogens is 2. The first kappa shape index (κ1) is 16.3. The largest absolute Gasteiger partial charge is 0.375 e. The van der Waals surface area contributed by atoms with Crippen LogP contribution < -0.4 is 10.6 Å². The lowest BCUT2D eigenvalue weighted by Crippen LogP contribution is -2.22. The van der Waals surface area contributed by atoms with Crippen molar-refractivity contribution in [3.8, 4) is 0 Å². The minimum Gasteiger partial charge on any atom is -0.375 e. The van der Waals surface area contributed by atoms with Gasteiger partial charge in [0.25, 0.3) is 0 Å². The molecule has 0 fully saturated rings. The lowest BCUT2D eigenvalue weighted by atomic mass is 10.1. The lowest BCUT2D eigenvalue weighted by Gasteiger charge is -2.10. The summed E-state index contributed by atoms with van der Waals surface area (Å²) in [5, 5.41) is 6.62. The molecule has 2 rings (SSSR count). The second kappa shape index (κ2) is 7.29. The molecule has 0 aliphatic carbocycles. The molecule has 2 N–H and O–H groups in total. The summed E-state index contributed by atoms with van der Waals surface area (Å²) in [6, 6.07) is 11.8. The summed E-state index contributed by atoms with van der Waals surface area (Å²) in [5.41, 5.74) is 1.74. The van der Waals surface area contributed by atoms with Gasteiger partial charge in [-0.05, 0) is 37.3 Å². The predicted molar refractivity (Wildman–Crippen MR) is 90.0 cm³/mol. The zero-order chi connectivity index (χ0) is 16.1. The molecule has 0 saturated heterocycles. The Balaban J connectivity index is 1.95. The van der Waals surface area contributed by atoms with E-state index in [-0.39, 0.29) is 18.2 Å². The Labute approximate surface area is 138 Å². The van der Waals surface area contributed by atoms with E-state index in [1.54, 1.807) is 42.5 Å². The number of carbonyl (C=O) groups is 2. The van der Waals surface area contributed by atoms with Gasteiger partial charge in [0.2, 0.25) is 5.91 Å². The van der Waals surface area contributed by atoms with Gasteiger partial charge >= 0.3 is 0 Å². The van der Waals surface area contributed by atoms with Crippen molar-refractivity contribution in [2.45, 2.75) is 6.92 Å². The SMILES string of the molecule is CC(=O)c1cccc(NC(=O)CNc2ccc(Cl)cc2Cl)c1. The third kappa shape index (κ3) is 4.48. The van der Waals surface area contributed by atoms with E-state index in [0.29, 0.717) is 27.0 Å². The van der Waals surface area contributed by atoms with Crippen molar-refractivity contribution in [1.29, 1.82) is 0 Å². The summed E-state index contributed by atoms with van der Waals surface area (Å²) in [6.45, 7) is 1.52. The van der Waals surface area contributed by atoms with Crippen LogP contribution in [0.25, 0.3) is 0 Å². The first-order chi connectivity index (χ1) is 10.5. The number of ketones is 1. The standard InChI is InChI=1S/C16H14Cl2N2O2/c1-10(21)11-3-2-4-13(7-11)20-16(22)9-19-15-6-5-12(17)8-14(15)18/h2-8,19H,9H2,1H3,(H,20,22). The average molecular weight is 337 g/mol. The normalized spacial score (nSPS) is 10.1. The van der Waals surface area contributed by atoms with Crippen LogP contribution >= 0.6 is 23.2 Å². The summed E-state index contributed by atoms with van der Waals surface area (Å²) in [7, 11) is 0. The monoisotopic (exact) mass is 336 g/mol. The van der Waals surface area contributed by atoms with Crippen molar-refractivity contribution in [2.75, 3.05) is 17.2 Å². The lowest BCUT2D eigenvalue weighted by molar-refractivity contribution is -0.114. The number of hydrogen-bond acceptors (Lipinski definition) is 3. The number of nitrogens with one attached hydrogen (secondary N) is 2. The molecule has 2 aromatic rings. The molecule has 114 valence electrons. The van der Waals surface area contributed by atoms with Crippen LogP contribution in [0.5, 0.6) is 0 Å². The van der Waals surface area contributed by atoms with Crippen LogP contribution in [0.1, 0.15) is 17.3 Å². The van der Waals surface area contributed by atoms with E-state index in [2.05, 4.69) is 10.6 Å². The van der Waals surface area contributed by atoms with Gasteiger partial charge in [0.15, 0.2) is 5.78 Å². The molecule has 0 heterocycles. The summed E-state index contributed by atoms with van der Waals surface area (Å²) >= 11 is 11.8. The fourth-order valence-corrected chi connectivity index (χ4v) is 2.30. The minimum absolute atomic E-state index is 0.0473. The molecule has 6 heteroatoms. The minimum atomic E-state index is -0.244. The molecule has 2 aromatic carbocycles. The number of amides is 1. The van der Waals surface area contributed by atoms with Gasteiger partial charge in [0.05, 0.1) is 17.3 Å². The summed E-state index contributed by atoms with van der Waals surface area (Å²) in [5.74, 6) is -0.297. The van der Waals surface area contributed by atoms with Crippen LogP contribution in [0.2, 0.25) is 10.0 Å². The highest BCUT2D eigenvalue weighted by Gasteiger charge is 2.06. The molecule has 0 aliphatic heterocycles. The van der Waals surface area contributed by atoms with Gasteiger partial charge in [-0.3, -0.25) is 9.59 Å². The van der Waals surface area contributed by atoms with E-state index in [1.165, 1.54) is 6.92 Å². The Kier molecular flexibility index (Phi) is 5.41. The first-order valence-corrected chi connectivity index (χ1v) is 7.31. The molecule has 0 radical (unpaired) electrons. The van der Waals surface area contributed by atoms with E-state index < -0.39 is 0 Å². The Hall–Kier alpha value is -2.04. The van der Waals surface area contributed by atoms with Gasteiger partial charge in [-0.15, -0.1) is 0 Å². The van der Waals surface area contributed by atoms with Crippen LogP contribution in [0.4, 0.5) is 11.4 Å². The Morgan fingerprint density at radius 3 is 2.55 bits per heavy atom. The highest BCUT2D eigenvalue weighted by molar-refractivity contribution is 6.36. The van der Waals surface area contributed by atoms with Crippen molar-refractivity contribution < 1.29 is 9.59 Å². The van der Waals surface area contributed by atoms with E-state index in [0.717, 1.165) is 0 Å². The van der Waals surface area contributed by atoms with Gasteiger partial charge < -0.3 is 10.6 Å². The van der Waals surface area contributed by atoms with E-state index >= 15 is 0 Å². The van der Waals surface area contributed by atoms with Crippen LogP contribution in [-0.2, 0) is 4.79 Å².